The first-order valence-electron chi connectivity index (χ1n) is 7.04. The van der Waals surface area contributed by atoms with Crippen LogP contribution < -0.4 is 10.6 Å². The van der Waals surface area contributed by atoms with E-state index in [1.165, 1.54) is 11.1 Å². The quantitative estimate of drug-likeness (QED) is 0.847. The van der Waals surface area contributed by atoms with Crippen LogP contribution in [0.25, 0.3) is 0 Å². The fourth-order valence-electron chi connectivity index (χ4n) is 2.97. The molecule has 1 aromatic carbocycles. The molecule has 2 aliphatic rings. The highest BCUT2D eigenvalue weighted by Gasteiger charge is 2.21. The number of hydrogen-bond acceptors (Lipinski definition) is 3. The van der Waals surface area contributed by atoms with E-state index < -0.39 is 0 Å². The second kappa shape index (κ2) is 5.31. The van der Waals surface area contributed by atoms with Crippen molar-refractivity contribution in [1.29, 1.82) is 0 Å². The monoisotopic (exact) mass is 259 g/mol. The third kappa shape index (κ3) is 2.80. The molecule has 0 saturated carbocycles. The van der Waals surface area contributed by atoms with Crippen LogP contribution in [0.15, 0.2) is 18.2 Å². The molecule has 0 aliphatic carbocycles. The van der Waals surface area contributed by atoms with Gasteiger partial charge in [0.2, 0.25) is 5.91 Å². The number of fused-ring (bicyclic) bond motifs is 1. The van der Waals surface area contributed by atoms with E-state index in [4.69, 9.17) is 0 Å². The Hall–Kier alpha value is -1.39. The average Bonchev–Trinajstić information content (AvgIpc) is 2.79. The van der Waals surface area contributed by atoms with Gasteiger partial charge in [-0.1, -0.05) is 6.07 Å². The summed E-state index contributed by atoms with van der Waals surface area (Å²) in [5, 5.41) is 6.36. The van der Waals surface area contributed by atoms with Gasteiger partial charge in [-0.2, -0.15) is 0 Å². The van der Waals surface area contributed by atoms with Crippen molar-refractivity contribution in [3.05, 3.63) is 29.3 Å². The van der Waals surface area contributed by atoms with Crippen LogP contribution >= 0.6 is 0 Å². The molecule has 1 saturated heterocycles. The molecule has 1 aromatic rings. The Morgan fingerprint density at radius 3 is 2.79 bits per heavy atom. The Kier molecular flexibility index (Phi) is 3.53. The summed E-state index contributed by atoms with van der Waals surface area (Å²) in [6.45, 7) is 3.89. The first-order chi connectivity index (χ1) is 9.22. The number of anilines is 1. The summed E-state index contributed by atoms with van der Waals surface area (Å²) in [5.74, 6) is 0.338. The van der Waals surface area contributed by atoms with Crippen LogP contribution in [0.3, 0.4) is 0 Å². The maximum absolute atomic E-state index is 12.2. The van der Waals surface area contributed by atoms with E-state index in [0.29, 0.717) is 0 Å². The van der Waals surface area contributed by atoms with Crippen molar-refractivity contribution in [2.75, 3.05) is 25.5 Å². The largest absolute Gasteiger partial charge is 0.326 e. The van der Waals surface area contributed by atoms with Crippen molar-refractivity contribution in [3.8, 4) is 0 Å². The van der Waals surface area contributed by atoms with Gasteiger partial charge in [0, 0.05) is 24.7 Å². The zero-order chi connectivity index (χ0) is 13.2. The van der Waals surface area contributed by atoms with Gasteiger partial charge in [-0.05, 0) is 56.2 Å². The molecule has 0 aromatic heterocycles. The van der Waals surface area contributed by atoms with E-state index in [1.807, 2.05) is 6.07 Å². The average molecular weight is 259 g/mol. The lowest BCUT2D eigenvalue weighted by atomic mass is 9.97. The van der Waals surface area contributed by atoms with Crippen molar-refractivity contribution >= 4 is 11.6 Å². The molecule has 1 amide bonds. The number of benzene rings is 1. The third-order valence-corrected chi connectivity index (χ3v) is 4.06. The van der Waals surface area contributed by atoms with E-state index >= 15 is 0 Å². The Bertz CT molecular complexity index is 480. The van der Waals surface area contributed by atoms with E-state index in [0.717, 1.165) is 44.7 Å². The van der Waals surface area contributed by atoms with E-state index in [9.17, 15) is 4.79 Å². The first kappa shape index (κ1) is 12.6. The summed E-state index contributed by atoms with van der Waals surface area (Å²) in [4.78, 5) is 14.5. The Morgan fingerprint density at radius 1 is 1.26 bits per heavy atom. The lowest BCUT2D eigenvalue weighted by Crippen LogP contribution is -2.34. The fraction of sp³-hybridized carbons (Fsp3) is 0.533. The van der Waals surface area contributed by atoms with Crippen LogP contribution in [0, 0.1) is 5.92 Å². The van der Waals surface area contributed by atoms with Gasteiger partial charge in [-0.3, -0.25) is 9.69 Å². The SMILES string of the molecule is CN1Cc2ccc(NC(=O)C3CCNCC3)cc2C1. The zero-order valence-electron chi connectivity index (χ0n) is 11.4. The number of carbonyl (C=O) groups is 1. The highest BCUT2D eigenvalue weighted by atomic mass is 16.1. The van der Waals surface area contributed by atoms with Crippen LogP contribution in [-0.4, -0.2) is 30.9 Å². The van der Waals surface area contributed by atoms with Crippen molar-refractivity contribution in [1.82, 2.24) is 10.2 Å². The molecule has 0 radical (unpaired) electrons. The van der Waals surface area contributed by atoms with Crippen LogP contribution in [-0.2, 0) is 17.9 Å². The van der Waals surface area contributed by atoms with Crippen LogP contribution in [0.1, 0.15) is 24.0 Å². The first-order valence-corrected chi connectivity index (χ1v) is 7.04. The van der Waals surface area contributed by atoms with Gasteiger partial charge in [0.25, 0.3) is 0 Å². The molecule has 2 heterocycles. The molecule has 19 heavy (non-hydrogen) atoms. The number of piperidine rings is 1. The Labute approximate surface area is 114 Å². The summed E-state index contributed by atoms with van der Waals surface area (Å²) in [6.07, 6.45) is 1.89. The predicted molar refractivity (Wildman–Crippen MR) is 75.8 cm³/mol. The molecule has 0 unspecified atom stereocenters. The van der Waals surface area contributed by atoms with Crippen molar-refractivity contribution < 1.29 is 4.79 Å². The molecule has 4 heteroatoms. The fourth-order valence-corrected chi connectivity index (χ4v) is 2.97. The number of rotatable bonds is 2. The maximum atomic E-state index is 12.2. The number of nitrogens with zero attached hydrogens (tertiary/aromatic N) is 1. The second-order valence-corrected chi connectivity index (χ2v) is 5.67. The lowest BCUT2D eigenvalue weighted by Gasteiger charge is -2.21. The minimum Gasteiger partial charge on any atom is -0.326 e. The maximum Gasteiger partial charge on any atom is 0.227 e. The van der Waals surface area contributed by atoms with Gasteiger partial charge >= 0.3 is 0 Å². The molecular weight excluding hydrogens is 238 g/mol. The van der Waals surface area contributed by atoms with Gasteiger partial charge in [0.1, 0.15) is 0 Å². The molecule has 4 nitrogen and oxygen atoms in total. The van der Waals surface area contributed by atoms with Gasteiger partial charge in [-0.25, -0.2) is 0 Å². The van der Waals surface area contributed by atoms with Gasteiger partial charge < -0.3 is 10.6 Å². The molecule has 102 valence electrons. The van der Waals surface area contributed by atoms with Crippen molar-refractivity contribution in [2.24, 2.45) is 5.92 Å². The smallest absolute Gasteiger partial charge is 0.227 e. The molecule has 2 N–H and O–H groups in total. The highest BCUT2D eigenvalue weighted by molar-refractivity contribution is 5.92. The number of nitrogens with one attached hydrogen (secondary N) is 2. The van der Waals surface area contributed by atoms with Crippen LogP contribution in [0.2, 0.25) is 0 Å². The normalized spacial score (nSPS) is 20.3. The van der Waals surface area contributed by atoms with Crippen LogP contribution in [0.4, 0.5) is 5.69 Å². The summed E-state index contributed by atoms with van der Waals surface area (Å²) < 4.78 is 0. The van der Waals surface area contributed by atoms with E-state index in [2.05, 4.69) is 34.7 Å². The van der Waals surface area contributed by atoms with Gasteiger partial charge in [0.15, 0.2) is 0 Å². The van der Waals surface area contributed by atoms with Crippen LogP contribution in [0.5, 0.6) is 0 Å². The second-order valence-electron chi connectivity index (χ2n) is 5.67. The van der Waals surface area contributed by atoms with Gasteiger partial charge in [0.05, 0.1) is 0 Å². The molecule has 3 rings (SSSR count). The summed E-state index contributed by atoms with van der Waals surface area (Å²) in [7, 11) is 2.12. The number of hydrogen-bond donors (Lipinski definition) is 2. The lowest BCUT2D eigenvalue weighted by molar-refractivity contribution is -0.120. The zero-order valence-corrected chi connectivity index (χ0v) is 11.4. The standard InChI is InChI=1S/C15H21N3O/c1-18-9-12-2-3-14(8-13(12)10-18)17-15(19)11-4-6-16-7-5-11/h2-3,8,11,16H,4-7,9-10H2,1H3,(H,17,19). The van der Waals surface area contributed by atoms with Gasteiger partial charge in [-0.15, -0.1) is 0 Å². The summed E-state index contributed by atoms with van der Waals surface area (Å²) in [6, 6.07) is 6.28. The highest BCUT2D eigenvalue weighted by Crippen LogP contribution is 2.25. The Balaban J connectivity index is 1.67. The molecule has 0 spiro atoms. The molecule has 2 aliphatic heterocycles. The molecule has 0 atom stereocenters. The number of amides is 1. The third-order valence-electron chi connectivity index (χ3n) is 4.06. The molecule has 0 bridgehead atoms. The topological polar surface area (TPSA) is 44.4 Å². The molecular formula is C15H21N3O. The van der Waals surface area contributed by atoms with E-state index in [1.54, 1.807) is 0 Å². The summed E-state index contributed by atoms with van der Waals surface area (Å²) >= 11 is 0. The minimum atomic E-state index is 0.164. The van der Waals surface area contributed by atoms with E-state index in [-0.39, 0.29) is 11.8 Å². The summed E-state index contributed by atoms with van der Waals surface area (Å²) in [5.41, 5.74) is 3.66. The predicted octanol–water partition coefficient (Wildman–Crippen LogP) is 1.57. The Morgan fingerprint density at radius 2 is 2.00 bits per heavy atom. The van der Waals surface area contributed by atoms with Crippen molar-refractivity contribution in [3.63, 3.8) is 0 Å². The number of carbonyl (C=O) groups excluding carboxylic acids is 1. The van der Waals surface area contributed by atoms with Crippen molar-refractivity contribution in [2.45, 2.75) is 25.9 Å². The minimum absolute atomic E-state index is 0.164. The molecule has 1 fully saturated rings.